The summed E-state index contributed by atoms with van der Waals surface area (Å²) in [6, 6.07) is 0.215. The van der Waals surface area contributed by atoms with Gasteiger partial charge in [0.05, 0.1) is 7.11 Å². The van der Waals surface area contributed by atoms with Crippen LogP contribution in [0.3, 0.4) is 0 Å². The zero-order valence-electron chi connectivity index (χ0n) is 12.5. The Balaban J connectivity index is 2.98. The minimum atomic E-state index is 0.159. The van der Waals surface area contributed by atoms with E-state index in [0.717, 1.165) is 35.4 Å². The van der Waals surface area contributed by atoms with Crippen molar-refractivity contribution in [2.24, 2.45) is 11.1 Å². The van der Waals surface area contributed by atoms with Gasteiger partial charge in [-0.25, -0.2) is 0 Å². The SMILES string of the molecule is COc1c(C)cnc(CC(C)(C)CC(C)N)c1C. The summed E-state index contributed by atoms with van der Waals surface area (Å²) in [5.74, 6) is 0.955. The number of ether oxygens (including phenoxy) is 1. The molecule has 0 aliphatic carbocycles. The van der Waals surface area contributed by atoms with Gasteiger partial charge in [-0.2, -0.15) is 0 Å². The monoisotopic (exact) mass is 250 g/mol. The number of hydrogen-bond donors (Lipinski definition) is 1. The molecule has 3 heteroatoms. The molecule has 0 aliphatic rings. The number of nitrogens with two attached hydrogens (primary N) is 1. The Kier molecular flexibility index (Phi) is 4.74. The first-order valence-electron chi connectivity index (χ1n) is 6.51. The Bertz CT molecular complexity index is 411. The second-order valence-corrected chi connectivity index (χ2v) is 6.07. The van der Waals surface area contributed by atoms with Crippen LogP contribution in [0, 0.1) is 19.3 Å². The van der Waals surface area contributed by atoms with Crippen LogP contribution in [0.5, 0.6) is 5.75 Å². The molecule has 0 saturated heterocycles. The van der Waals surface area contributed by atoms with E-state index in [2.05, 4.69) is 32.7 Å². The fourth-order valence-electron chi connectivity index (χ4n) is 2.65. The molecular weight excluding hydrogens is 224 g/mol. The lowest BCUT2D eigenvalue weighted by molar-refractivity contribution is 0.305. The molecule has 0 spiro atoms. The van der Waals surface area contributed by atoms with Gasteiger partial charge in [0.2, 0.25) is 0 Å². The second-order valence-electron chi connectivity index (χ2n) is 6.07. The normalized spacial score (nSPS) is 13.5. The molecule has 0 aliphatic heterocycles. The molecule has 18 heavy (non-hydrogen) atoms. The average molecular weight is 250 g/mol. The lowest BCUT2D eigenvalue weighted by atomic mass is 9.81. The Labute approximate surface area is 111 Å². The van der Waals surface area contributed by atoms with Crippen molar-refractivity contribution in [2.75, 3.05) is 7.11 Å². The zero-order chi connectivity index (χ0) is 13.9. The van der Waals surface area contributed by atoms with Crippen molar-refractivity contribution in [2.45, 2.75) is 53.5 Å². The lowest BCUT2D eigenvalue weighted by Crippen LogP contribution is -2.27. The number of methoxy groups -OCH3 is 1. The molecule has 0 radical (unpaired) electrons. The third-order valence-corrected chi connectivity index (χ3v) is 3.27. The van der Waals surface area contributed by atoms with Gasteiger partial charge in [-0.05, 0) is 39.0 Å². The Morgan fingerprint density at radius 1 is 1.39 bits per heavy atom. The maximum atomic E-state index is 5.91. The van der Waals surface area contributed by atoms with E-state index in [-0.39, 0.29) is 11.5 Å². The van der Waals surface area contributed by atoms with Gasteiger partial charge in [-0.3, -0.25) is 4.98 Å². The zero-order valence-corrected chi connectivity index (χ0v) is 12.5. The smallest absolute Gasteiger partial charge is 0.128 e. The predicted molar refractivity (Wildman–Crippen MR) is 76.0 cm³/mol. The highest BCUT2D eigenvalue weighted by Crippen LogP contribution is 2.31. The molecular formula is C15H26N2O. The summed E-state index contributed by atoms with van der Waals surface area (Å²) in [6.45, 7) is 10.6. The maximum Gasteiger partial charge on any atom is 0.128 e. The van der Waals surface area contributed by atoms with E-state index in [9.17, 15) is 0 Å². The van der Waals surface area contributed by atoms with Gasteiger partial charge >= 0.3 is 0 Å². The third-order valence-electron chi connectivity index (χ3n) is 3.27. The Morgan fingerprint density at radius 2 is 2.00 bits per heavy atom. The van der Waals surface area contributed by atoms with Crippen LogP contribution in [-0.2, 0) is 6.42 Å². The molecule has 1 rings (SSSR count). The molecule has 1 unspecified atom stereocenters. The predicted octanol–water partition coefficient (Wildman–Crippen LogP) is 3.01. The fraction of sp³-hybridized carbons (Fsp3) is 0.667. The molecule has 0 fully saturated rings. The summed E-state index contributed by atoms with van der Waals surface area (Å²) in [5, 5.41) is 0. The average Bonchev–Trinajstić information content (AvgIpc) is 2.21. The highest BCUT2D eigenvalue weighted by molar-refractivity contribution is 5.41. The first kappa shape index (κ1) is 15.0. The Hall–Kier alpha value is -1.09. The molecule has 0 amide bonds. The van der Waals surface area contributed by atoms with Crippen LogP contribution in [0.2, 0.25) is 0 Å². The van der Waals surface area contributed by atoms with E-state index in [1.807, 2.05) is 13.1 Å². The first-order chi connectivity index (χ1) is 8.26. The molecule has 1 heterocycles. The van der Waals surface area contributed by atoms with Crippen molar-refractivity contribution >= 4 is 0 Å². The number of nitrogens with zero attached hydrogens (tertiary/aromatic N) is 1. The van der Waals surface area contributed by atoms with Crippen molar-refractivity contribution in [3.05, 3.63) is 23.0 Å². The highest BCUT2D eigenvalue weighted by Gasteiger charge is 2.23. The summed E-state index contributed by atoms with van der Waals surface area (Å²) in [7, 11) is 1.71. The van der Waals surface area contributed by atoms with Crippen LogP contribution >= 0.6 is 0 Å². The molecule has 0 bridgehead atoms. The first-order valence-corrected chi connectivity index (χ1v) is 6.51. The van der Waals surface area contributed by atoms with E-state index in [1.54, 1.807) is 7.11 Å². The lowest BCUT2D eigenvalue weighted by Gasteiger charge is -2.27. The van der Waals surface area contributed by atoms with Gasteiger partial charge in [0.15, 0.2) is 0 Å². The second kappa shape index (κ2) is 5.70. The van der Waals surface area contributed by atoms with Crippen molar-refractivity contribution < 1.29 is 4.74 Å². The number of aryl methyl sites for hydroxylation is 1. The van der Waals surface area contributed by atoms with E-state index in [4.69, 9.17) is 10.5 Å². The van der Waals surface area contributed by atoms with Gasteiger partial charge in [-0.1, -0.05) is 13.8 Å². The Morgan fingerprint density at radius 3 is 2.50 bits per heavy atom. The van der Waals surface area contributed by atoms with Crippen LogP contribution in [0.25, 0.3) is 0 Å². The molecule has 1 aromatic heterocycles. The number of rotatable bonds is 5. The minimum absolute atomic E-state index is 0.159. The van der Waals surface area contributed by atoms with Gasteiger partial charge in [0.25, 0.3) is 0 Å². The van der Waals surface area contributed by atoms with Crippen LogP contribution in [0.15, 0.2) is 6.20 Å². The fourth-order valence-corrected chi connectivity index (χ4v) is 2.65. The van der Waals surface area contributed by atoms with E-state index in [0.29, 0.717) is 0 Å². The third kappa shape index (κ3) is 3.70. The van der Waals surface area contributed by atoms with Gasteiger partial charge in [0.1, 0.15) is 5.75 Å². The highest BCUT2D eigenvalue weighted by atomic mass is 16.5. The topological polar surface area (TPSA) is 48.1 Å². The maximum absolute atomic E-state index is 5.91. The number of hydrogen-bond acceptors (Lipinski definition) is 3. The quantitative estimate of drug-likeness (QED) is 0.874. The standard InChI is InChI=1S/C15H26N2O/c1-10-9-17-13(12(3)14(10)18-6)8-15(4,5)7-11(2)16/h9,11H,7-8,16H2,1-6H3. The molecule has 102 valence electrons. The van der Waals surface area contributed by atoms with Crippen molar-refractivity contribution in [3.8, 4) is 5.75 Å². The molecule has 0 saturated carbocycles. The van der Waals surface area contributed by atoms with Gasteiger partial charge in [0, 0.05) is 29.1 Å². The van der Waals surface area contributed by atoms with Crippen molar-refractivity contribution in [1.29, 1.82) is 0 Å². The molecule has 2 N–H and O–H groups in total. The van der Waals surface area contributed by atoms with Gasteiger partial charge < -0.3 is 10.5 Å². The van der Waals surface area contributed by atoms with Crippen LogP contribution < -0.4 is 10.5 Å². The van der Waals surface area contributed by atoms with Crippen molar-refractivity contribution in [3.63, 3.8) is 0 Å². The molecule has 3 nitrogen and oxygen atoms in total. The van der Waals surface area contributed by atoms with Crippen LogP contribution in [0.1, 0.15) is 44.0 Å². The summed E-state index contributed by atoms with van der Waals surface area (Å²) < 4.78 is 5.45. The molecule has 1 atom stereocenters. The summed E-state index contributed by atoms with van der Waals surface area (Å²) in [4.78, 5) is 4.56. The van der Waals surface area contributed by atoms with E-state index >= 15 is 0 Å². The minimum Gasteiger partial charge on any atom is -0.496 e. The van der Waals surface area contributed by atoms with E-state index in [1.165, 1.54) is 0 Å². The van der Waals surface area contributed by atoms with E-state index < -0.39 is 0 Å². The number of aromatic nitrogens is 1. The molecule has 1 aromatic rings. The van der Waals surface area contributed by atoms with Crippen LogP contribution in [0.4, 0.5) is 0 Å². The molecule has 0 aromatic carbocycles. The van der Waals surface area contributed by atoms with Gasteiger partial charge in [-0.15, -0.1) is 0 Å². The number of pyridine rings is 1. The summed E-state index contributed by atoms with van der Waals surface area (Å²) >= 11 is 0. The summed E-state index contributed by atoms with van der Waals surface area (Å²) in [6.07, 6.45) is 3.81. The van der Waals surface area contributed by atoms with Crippen LogP contribution in [-0.4, -0.2) is 18.1 Å². The summed E-state index contributed by atoms with van der Waals surface area (Å²) in [5.41, 5.74) is 9.41. The van der Waals surface area contributed by atoms with Crippen molar-refractivity contribution in [1.82, 2.24) is 4.98 Å². The largest absolute Gasteiger partial charge is 0.496 e.